The van der Waals surface area contributed by atoms with Gasteiger partial charge in [-0.3, -0.25) is 9.48 Å². The van der Waals surface area contributed by atoms with Crippen molar-refractivity contribution < 1.29 is 9.53 Å². The Hall–Kier alpha value is -1.36. The van der Waals surface area contributed by atoms with Crippen LogP contribution in [0.15, 0.2) is 12.3 Å². The van der Waals surface area contributed by atoms with E-state index in [4.69, 9.17) is 4.74 Å². The molecule has 1 saturated heterocycles. The maximum absolute atomic E-state index is 12.2. The van der Waals surface area contributed by atoms with Gasteiger partial charge in [0, 0.05) is 25.3 Å². The highest BCUT2D eigenvalue weighted by Gasteiger charge is 2.22. The Bertz CT molecular complexity index is 367. The second-order valence-electron chi connectivity index (χ2n) is 4.16. The zero-order chi connectivity index (χ0) is 11.5. The van der Waals surface area contributed by atoms with E-state index >= 15 is 0 Å². The highest BCUT2D eigenvalue weighted by Crippen LogP contribution is 2.11. The molecule has 1 aromatic rings. The van der Waals surface area contributed by atoms with Gasteiger partial charge in [0.15, 0.2) is 0 Å². The molecule has 0 unspecified atom stereocenters. The van der Waals surface area contributed by atoms with Crippen molar-refractivity contribution in [2.75, 3.05) is 26.3 Å². The molecular formula is C11H17N3O2. The molecule has 0 aromatic carbocycles. The third-order valence-electron chi connectivity index (χ3n) is 2.68. The second kappa shape index (κ2) is 4.65. The van der Waals surface area contributed by atoms with Crippen molar-refractivity contribution in [2.45, 2.75) is 19.9 Å². The summed E-state index contributed by atoms with van der Waals surface area (Å²) < 4.78 is 6.99. The van der Waals surface area contributed by atoms with E-state index in [9.17, 15) is 4.79 Å². The van der Waals surface area contributed by atoms with E-state index in [0.29, 0.717) is 32.0 Å². The largest absolute Gasteiger partial charge is 0.378 e. The minimum absolute atomic E-state index is 0.0505. The van der Waals surface area contributed by atoms with Gasteiger partial charge in [0.1, 0.15) is 5.69 Å². The summed E-state index contributed by atoms with van der Waals surface area (Å²) in [6, 6.07) is 1.98. The SMILES string of the molecule is CC(C)n1nccc1C(=O)N1CCOCC1. The number of carbonyl (C=O) groups is 1. The average molecular weight is 223 g/mol. The Labute approximate surface area is 95.0 Å². The topological polar surface area (TPSA) is 47.4 Å². The number of aromatic nitrogens is 2. The van der Waals surface area contributed by atoms with Gasteiger partial charge < -0.3 is 9.64 Å². The molecule has 5 heteroatoms. The predicted molar refractivity (Wildman–Crippen MR) is 59.3 cm³/mol. The molecular weight excluding hydrogens is 206 g/mol. The minimum atomic E-state index is 0.0505. The van der Waals surface area contributed by atoms with Crippen molar-refractivity contribution in [1.82, 2.24) is 14.7 Å². The summed E-state index contributed by atoms with van der Waals surface area (Å²) in [4.78, 5) is 14.0. The van der Waals surface area contributed by atoms with Crippen LogP contribution in [0.1, 0.15) is 30.4 Å². The van der Waals surface area contributed by atoms with E-state index in [-0.39, 0.29) is 11.9 Å². The van der Waals surface area contributed by atoms with Crippen LogP contribution in [-0.4, -0.2) is 46.9 Å². The smallest absolute Gasteiger partial charge is 0.272 e. The molecule has 0 atom stereocenters. The van der Waals surface area contributed by atoms with Crippen LogP contribution in [0.3, 0.4) is 0 Å². The van der Waals surface area contributed by atoms with Gasteiger partial charge in [-0.05, 0) is 19.9 Å². The van der Waals surface area contributed by atoms with Crippen LogP contribution in [0.4, 0.5) is 0 Å². The Morgan fingerprint density at radius 1 is 1.44 bits per heavy atom. The van der Waals surface area contributed by atoms with Gasteiger partial charge in [-0.15, -0.1) is 0 Å². The molecule has 1 aliphatic rings. The number of amides is 1. The van der Waals surface area contributed by atoms with Crippen molar-refractivity contribution in [2.24, 2.45) is 0 Å². The minimum Gasteiger partial charge on any atom is -0.378 e. The molecule has 1 aliphatic heterocycles. The maximum atomic E-state index is 12.2. The van der Waals surface area contributed by atoms with Gasteiger partial charge in [-0.1, -0.05) is 0 Å². The van der Waals surface area contributed by atoms with E-state index in [1.165, 1.54) is 0 Å². The van der Waals surface area contributed by atoms with E-state index in [1.807, 2.05) is 18.7 Å². The number of hydrogen-bond donors (Lipinski definition) is 0. The Morgan fingerprint density at radius 3 is 2.75 bits per heavy atom. The zero-order valence-corrected chi connectivity index (χ0v) is 9.72. The predicted octanol–water partition coefficient (Wildman–Crippen LogP) is 0.936. The Balaban J connectivity index is 2.16. The molecule has 0 saturated carbocycles. The average Bonchev–Trinajstić information content (AvgIpc) is 2.78. The summed E-state index contributed by atoms with van der Waals surface area (Å²) in [5.41, 5.74) is 0.664. The fraction of sp³-hybridized carbons (Fsp3) is 0.636. The van der Waals surface area contributed by atoms with Crippen LogP contribution < -0.4 is 0 Å². The maximum Gasteiger partial charge on any atom is 0.272 e. The van der Waals surface area contributed by atoms with Crippen LogP contribution in [0.2, 0.25) is 0 Å². The van der Waals surface area contributed by atoms with Crippen molar-refractivity contribution in [3.8, 4) is 0 Å². The quantitative estimate of drug-likeness (QED) is 0.749. The monoisotopic (exact) mass is 223 g/mol. The van der Waals surface area contributed by atoms with Gasteiger partial charge >= 0.3 is 0 Å². The van der Waals surface area contributed by atoms with Gasteiger partial charge in [-0.2, -0.15) is 5.10 Å². The highest BCUT2D eigenvalue weighted by atomic mass is 16.5. The molecule has 1 amide bonds. The number of rotatable bonds is 2. The number of carbonyl (C=O) groups excluding carboxylic acids is 1. The van der Waals surface area contributed by atoms with Crippen molar-refractivity contribution in [3.05, 3.63) is 18.0 Å². The van der Waals surface area contributed by atoms with Gasteiger partial charge in [0.05, 0.1) is 13.2 Å². The molecule has 2 rings (SSSR count). The van der Waals surface area contributed by atoms with Gasteiger partial charge in [-0.25, -0.2) is 0 Å². The number of hydrogen-bond acceptors (Lipinski definition) is 3. The molecule has 0 aliphatic carbocycles. The van der Waals surface area contributed by atoms with Crippen LogP contribution in [0.25, 0.3) is 0 Å². The molecule has 88 valence electrons. The highest BCUT2D eigenvalue weighted by molar-refractivity contribution is 5.92. The summed E-state index contributed by atoms with van der Waals surface area (Å²) in [7, 11) is 0. The van der Waals surface area contributed by atoms with Gasteiger partial charge in [0.25, 0.3) is 5.91 Å². The molecule has 0 spiro atoms. The lowest BCUT2D eigenvalue weighted by Crippen LogP contribution is -2.41. The zero-order valence-electron chi connectivity index (χ0n) is 9.72. The molecule has 1 aromatic heterocycles. The lowest BCUT2D eigenvalue weighted by atomic mass is 10.3. The standard InChI is InChI=1S/C11H17N3O2/c1-9(2)14-10(3-4-12-14)11(15)13-5-7-16-8-6-13/h3-4,9H,5-8H2,1-2H3. The molecule has 16 heavy (non-hydrogen) atoms. The lowest BCUT2D eigenvalue weighted by molar-refractivity contribution is 0.0293. The summed E-state index contributed by atoms with van der Waals surface area (Å²) in [6.45, 7) is 6.62. The Kier molecular flexibility index (Phi) is 3.24. The van der Waals surface area contributed by atoms with E-state index < -0.39 is 0 Å². The molecule has 5 nitrogen and oxygen atoms in total. The van der Waals surface area contributed by atoms with Crippen molar-refractivity contribution in [1.29, 1.82) is 0 Å². The number of ether oxygens (including phenoxy) is 1. The van der Waals surface area contributed by atoms with Crippen molar-refractivity contribution in [3.63, 3.8) is 0 Å². The third-order valence-corrected chi connectivity index (χ3v) is 2.68. The molecule has 0 radical (unpaired) electrons. The molecule has 0 bridgehead atoms. The molecule has 1 fully saturated rings. The fourth-order valence-corrected chi connectivity index (χ4v) is 1.82. The summed E-state index contributed by atoms with van der Waals surface area (Å²) in [5.74, 6) is 0.0505. The summed E-state index contributed by atoms with van der Waals surface area (Å²) >= 11 is 0. The first kappa shape index (κ1) is 11.1. The first-order valence-electron chi connectivity index (χ1n) is 5.60. The van der Waals surface area contributed by atoms with E-state index in [1.54, 1.807) is 16.9 Å². The summed E-state index contributed by atoms with van der Waals surface area (Å²) in [5, 5.41) is 4.17. The Morgan fingerprint density at radius 2 is 2.12 bits per heavy atom. The lowest BCUT2D eigenvalue weighted by Gasteiger charge is -2.27. The third kappa shape index (κ3) is 2.09. The van der Waals surface area contributed by atoms with Crippen LogP contribution in [0.5, 0.6) is 0 Å². The van der Waals surface area contributed by atoms with Gasteiger partial charge in [0.2, 0.25) is 0 Å². The van der Waals surface area contributed by atoms with E-state index in [0.717, 1.165) is 0 Å². The second-order valence-corrected chi connectivity index (χ2v) is 4.16. The first-order valence-corrected chi connectivity index (χ1v) is 5.60. The fourth-order valence-electron chi connectivity index (χ4n) is 1.82. The van der Waals surface area contributed by atoms with Crippen LogP contribution >= 0.6 is 0 Å². The van der Waals surface area contributed by atoms with E-state index in [2.05, 4.69) is 5.10 Å². The van der Waals surface area contributed by atoms with Crippen molar-refractivity contribution >= 4 is 5.91 Å². The molecule has 2 heterocycles. The first-order chi connectivity index (χ1) is 7.70. The molecule has 0 N–H and O–H groups in total. The number of morpholine rings is 1. The van der Waals surface area contributed by atoms with Crippen LogP contribution in [0, 0.1) is 0 Å². The summed E-state index contributed by atoms with van der Waals surface area (Å²) in [6.07, 6.45) is 1.67. The number of nitrogens with zero attached hydrogens (tertiary/aromatic N) is 3. The van der Waals surface area contributed by atoms with Crippen LogP contribution in [-0.2, 0) is 4.74 Å². The normalized spacial score (nSPS) is 16.8.